The Morgan fingerprint density at radius 1 is 1.25 bits per heavy atom. The number of piperidine rings is 1. The van der Waals surface area contributed by atoms with Gasteiger partial charge in [0.15, 0.2) is 0 Å². The smallest absolute Gasteiger partial charge is 0.242 e. The minimum Gasteiger partial charge on any atom is -0.495 e. The Bertz CT molecular complexity index is 593. The summed E-state index contributed by atoms with van der Waals surface area (Å²) in [5.41, 5.74) is 1.35. The van der Waals surface area contributed by atoms with Crippen molar-refractivity contribution in [2.45, 2.75) is 52.1 Å². The molecule has 0 saturated carbocycles. The van der Waals surface area contributed by atoms with E-state index in [0.717, 1.165) is 12.8 Å². The van der Waals surface area contributed by atoms with Crippen molar-refractivity contribution >= 4 is 23.2 Å². The normalized spacial score (nSPS) is 20.4. The molecule has 0 radical (unpaired) electrons. The van der Waals surface area contributed by atoms with Crippen LogP contribution in [0.4, 0.5) is 11.4 Å². The number of rotatable bonds is 5. The highest BCUT2D eigenvalue weighted by Gasteiger charge is 2.28. The third-order valence-corrected chi connectivity index (χ3v) is 4.43. The largest absolute Gasteiger partial charge is 0.495 e. The summed E-state index contributed by atoms with van der Waals surface area (Å²) in [6.07, 6.45) is 3.28. The van der Waals surface area contributed by atoms with Gasteiger partial charge in [0.1, 0.15) is 5.75 Å². The zero-order valence-corrected chi connectivity index (χ0v) is 14.9. The molecule has 2 unspecified atom stereocenters. The van der Waals surface area contributed by atoms with Crippen LogP contribution >= 0.6 is 0 Å². The maximum absolute atomic E-state index is 12.6. The standard InChI is InChI=1S/C18H27N3O3/c1-12-6-5-7-13(2)21(12)18(23)11-19-16-10-15(20-14(3)22)8-9-17(16)24-4/h8-10,12-13,19H,5-7,11H2,1-4H3,(H,20,22). The van der Waals surface area contributed by atoms with Crippen LogP contribution in [-0.4, -0.2) is 42.5 Å². The van der Waals surface area contributed by atoms with Gasteiger partial charge in [-0.05, 0) is 51.3 Å². The van der Waals surface area contributed by atoms with Crippen molar-refractivity contribution in [2.24, 2.45) is 0 Å². The molecule has 0 aromatic heterocycles. The number of nitrogens with one attached hydrogen (secondary N) is 2. The topological polar surface area (TPSA) is 70.7 Å². The molecule has 1 aliphatic heterocycles. The van der Waals surface area contributed by atoms with Crippen LogP contribution in [0.1, 0.15) is 40.0 Å². The third kappa shape index (κ3) is 4.40. The first-order valence-electron chi connectivity index (χ1n) is 8.43. The van der Waals surface area contributed by atoms with E-state index in [-0.39, 0.29) is 30.4 Å². The van der Waals surface area contributed by atoms with Gasteiger partial charge in [-0.3, -0.25) is 9.59 Å². The number of carbonyl (C=O) groups is 2. The number of hydrogen-bond acceptors (Lipinski definition) is 4. The number of carbonyl (C=O) groups excluding carboxylic acids is 2. The van der Waals surface area contributed by atoms with E-state index < -0.39 is 0 Å². The Labute approximate surface area is 143 Å². The van der Waals surface area contributed by atoms with Crippen LogP contribution in [0.15, 0.2) is 18.2 Å². The molecule has 2 rings (SSSR count). The Morgan fingerprint density at radius 3 is 2.50 bits per heavy atom. The summed E-state index contributed by atoms with van der Waals surface area (Å²) in [5, 5.41) is 5.88. The second kappa shape index (κ2) is 8.04. The molecule has 2 amide bonds. The highest BCUT2D eigenvalue weighted by Crippen LogP contribution is 2.28. The molecule has 6 nitrogen and oxygen atoms in total. The van der Waals surface area contributed by atoms with Gasteiger partial charge < -0.3 is 20.3 Å². The summed E-state index contributed by atoms with van der Waals surface area (Å²) < 4.78 is 5.33. The first-order valence-corrected chi connectivity index (χ1v) is 8.43. The molecule has 132 valence electrons. The van der Waals surface area contributed by atoms with Gasteiger partial charge >= 0.3 is 0 Å². The molecule has 0 spiro atoms. The first kappa shape index (κ1) is 18.1. The van der Waals surface area contributed by atoms with Gasteiger partial charge in [0.05, 0.1) is 19.3 Å². The number of likely N-dealkylation sites (tertiary alicyclic amines) is 1. The lowest BCUT2D eigenvalue weighted by Crippen LogP contribution is -2.49. The van der Waals surface area contributed by atoms with Gasteiger partial charge in [-0.1, -0.05) is 0 Å². The van der Waals surface area contributed by atoms with Crippen molar-refractivity contribution in [1.82, 2.24) is 4.90 Å². The average molecular weight is 333 g/mol. The monoisotopic (exact) mass is 333 g/mol. The zero-order chi connectivity index (χ0) is 17.7. The first-order chi connectivity index (χ1) is 11.4. The Hall–Kier alpha value is -2.24. The molecule has 2 atom stereocenters. The lowest BCUT2D eigenvalue weighted by Gasteiger charge is -2.39. The lowest BCUT2D eigenvalue weighted by atomic mass is 9.97. The SMILES string of the molecule is COc1ccc(NC(C)=O)cc1NCC(=O)N1C(C)CCCC1C. The fourth-order valence-corrected chi connectivity index (χ4v) is 3.30. The van der Waals surface area contributed by atoms with Crippen molar-refractivity contribution in [2.75, 3.05) is 24.3 Å². The molecule has 1 heterocycles. The Kier molecular flexibility index (Phi) is 6.06. The molecular weight excluding hydrogens is 306 g/mol. The molecule has 1 aromatic rings. The summed E-state index contributed by atoms with van der Waals surface area (Å²) >= 11 is 0. The number of ether oxygens (including phenoxy) is 1. The Morgan fingerprint density at radius 2 is 1.92 bits per heavy atom. The zero-order valence-electron chi connectivity index (χ0n) is 14.9. The number of anilines is 2. The quantitative estimate of drug-likeness (QED) is 0.869. The molecule has 1 saturated heterocycles. The third-order valence-electron chi connectivity index (χ3n) is 4.43. The van der Waals surface area contributed by atoms with Gasteiger partial charge in [-0.15, -0.1) is 0 Å². The average Bonchev–Trinajstić information content (AvgIpc) is 2.52. The lowest BCUT2D eigenvalue weighted by molar-refractivity contribution is -0.135. The molecule has 1 aromatic carbocycles. The minimum absolute atomic E-state index is 0.0849. The summed E-state index contributed by atoms with van der Waals surface area (Å²) in [7, 11) is 1.58. The number of hydrogen-bond donors (Lipinski definition) is 2. The van der Waals surface area contributed by atoms with Crippen LogP contribution < -0.4 is 15.4 Å². The molecule has 6 heteroatoms. The van der Waals surface area contributed by atoms with Crippen LogP contribution in [0.3, 0.4) is 0 Å². The van der Waals surface area contributed by atoms with Crippen LogP contribution in [0, 0.1) is 0 Å². The number of methoxy groups -OCH3 is 1. The highest BCUT2D eigenvalue weighted by molar-refractivity contribution is 5.90. The van der Waals surface area contributed by atoms with E-state index in [2.05, 4.69) is 24.5 Å². The van der Waals surface area contributed by atoms with E-state index in [1.165, 1.54) is 13.3 Å². The maximum Gasteiger partial charge on any atom is 0.242 e. The van der Waals surface area contributed by atoms with Gasteiger partial charge in [0.25, 0.3) is 0 Å². The van der Waals surface area contributed by atoms with Gasteiger partial charge in [-0.25, -0.2) is 0 Å². The van der Waals surface area contributed by atoms with Gasteiger partial charge in [0, 0.05) is 24.7 Å². The van der Waals surface area contributed by atoms with Gasteiger partial charge in [0.2, 0.25) is 11.8 Å². The highest BCUT2D eigenvalue weighted by atomic mass is 16.5. The Balaban J connectivity index is 2.06. The predicted molar refractivity (Wildman–Crippen MR) is 95.4 cm³/mol. The summed E-state index contributed by atoms with van der Waals surface area (Å²) in [4.78, 5) is 25.8. The van der Waals surface area contributed by atoms with E-state index in [1.54, 1.807) is 25.3 Å². The van der Waals surface area contributed by atoms with Crippen LogP contribution in [-0.2, 0) is 9.59 Å². The molecule has 24 heavy (non-hydrogen) atoms. The number of amides is 2. The van der Waals surface area contributed by atoms with E-state index in [1.807, 2.05) is 4.90 Å². The van der Waals surface area contributed by atoms with Crippen LogP contribution in [0.5, 0.6) is 5.75 Å². The predicted octanol–water partition coefficient (Wildman–Crippen LogP) is 2.86. The van der Waals surface area contributed by atoms with Crippen molar-refractivity contribution < 1.29 is 14.3 Å². The van der Waals surface area contributed by atoms with Crippen molar-refractivity contribution in [1.29, 1.82) is 0 Å². The molecule has 0 aliphatic carbocycles. The van der Waals surface area contributed by atoms with E-state index in [0.29, 0.717) is 17.1 Å². The molecule has 2 N–H and O–H groups in total. The second-order valence-electron chi connectivity index (χ2n) is 6.38. The van der Waals surface area contributed by atoms with Crippen molar-refractivity contribution in [3.63, 3.8) is 0 Å². The van der Waals surface area contributed by atoms with E-state index in [4.69, 9.17) is 4.74 Å². The van der Waals surface area contributed by atoms with Gasteiger partial charge in [-0.2, -0.15) is 0 Å². The molecular formula is C18H27N3O3. The minimum atomic E-state index is -0.141. The van der Waals surface area contributed by atoms with E-state index >= 15 is 0 Å². The number of benzene rings is 1. The maximum atomic E-state index is 12.6. The fraction of sp³-hybridized carbons (Fsp3) is 0.556. The summed E-state index contributed by atoms with van der Waals surface area (Å²) in [5.74, 6) is 0.580. The molecule has 1 aliphatic rings. The molecule has 0 bridgehead atoms. The van der Waals surface area contributed by atoms with Crippen molar-refractivity contribution in [3.05, 3.63) is 18.2 Å². The summed E-state index contributed by atoms with van der Waals surface area (Å²) in [6, 6.07) is 5.86. The number of nitrogens with zero attached hydrogens (tertiary/aromatic N) is 1. The van der Waals surface area contributed by atoms with E-state index in [9.17, 15) is 9.59 Å². The van der Waals surface area contributed by atoms with Crippen molar-refractivity contribution in [3.8, 4) is 5.75 Å². The second-order valence-corrected chi connectivity index (χ2v) is 6.38. The van der Waals surface area contributed by atoms with Crippen LogP contribution in [0.25, 0.3) is 0 Å². The molecule has 1 fully saturated rings. The fourth-order valence-electron chi connectivity index (χ4n) is 3.30. The van der Waals surface area contributed by atoms with Crippen LogP contribution in [0.2, 0.25) is 0 Å². The summed E-state index contributed by atoms with van der Waals surface area (Å²) in [6.45, 7) is 5.87.